The number of halogens is 4. The third kappa shape index (κ3) is 9.96. The number of aromatic amines is 1. The lowest BCUT2D eigenvalue weighted by atomic mass is 9.67. The molecule has 3 spiro atoms. The van der Waals surface area contributed by atoms with Crippen molar-refractivity contribution in [2.24, 2.45) is 22.0 Å². The largest absolute Gasteiger partial charge is 0.380 e. The summed E-state index contributed by atoms with van der Waals surface area (Å²) < 4.78 is 34.8. The second-order valence-corrected chi connectivity index (χ2v) is 22.2. The minimum atomic E-state index is -0.710. The maximum atomic E-state index is 13.9. The molecule has 2 aromatic carbocycles. The predicted molar refractivity (Wildman–Crippen MR) is 269 cm³/mol. The van der Waals surface area contributed by atoms with Gasteiger partial charge < -0.3 is 45.4 Å². The zero-order chi connectivity index (χ0) is 52.1. The first-order valence-electron chi connectivity index (χ1n) is 25.2. The molecule has 2 aromatic heterocycles. The molecule has 5 N–H and O–H groups in total. The summed E-state index contributed by atoms with van der Waals surface area (Å²) in [5, 5.41) is 6.25. The van der Waals surface area contributed by atoms with Gasteiger partial charge in [0.05, 0.1) is 52.7 Å². The first kappa shape index (κ1) is 52.0. The number of aromatic nitrogens is 4. The number of hydrogen-bond donors (Lipinski definition) is 4. The average Bonchev–Trinajstić information content (AvgIpc) is 4.01. The first-order chi connectivity index (χ1) is 34.7. The van der Waals surface area contributed by atoms with Gasteiger partial charge in [0.25, 0.3) is 23.6 Å². The van der Waals surface area contributed by atoms with E-state index in [-0.39, 0.29) is 80.0 Å². The summed E-state index contributed by atoms with van der Waals surface area (Å²) in [4.78, 5) is 94.4. The zero-order valence-corrected chi connectivity index (χ0v) is 43.1. The lowest BCUT2D eigenvalue weighted by molar-refractivity contribution is -0.176. The van der Waals surface area contributed by atoms with Crippen LogP contribution in [0.3, 0.4) is 0 Å². The Morgan fingerprint density at radius 2 is 1.32 bits per heavy atom. The Balaban J connectivity index is 0.000000181. The molecule has 390 valence electrons. The lowest BCUT2D eigenvalue weighted by Gasteiger charge is -2.54. The quantitative estimate of drug-likeness (QED) is 0.129. The van der Waals surface area contributed by atoms with Gasteiger partial charge >= 0.3 is 0 Å². The zero-order valence-electron chi connectivity index (χ0n) is 41.6. The SMILES string of the molecule is Cc1cc(N2CCCC3(CCC(NC(=O)c4[nH]cnc4C(=O)N4CC5(COC5)C4)CC3)C2=O)c(Cl)cc1F.Cc1cc(N2CCCC3(CCC(n4cnc(C(=O)NC(C)C)c4C(N)=O)CC3)C2=O)c(Cl)cc1F. The van der Waals surface area contributed by atoms with E-state index in [2.05, 4.69) is 25.6 Å². The van der Waals surface area contributed by atoms with Crippen molar-refractivity contribution in [2.75, 3.05) is 49.2 Å². The Hall–Kier alpha value is -5.92. The van der Waals surface area contributed by atoms with E-state index in [4.69, 9.17) is 33.7 Å². The summed E-state index contributed by atoms with van der Waals surface area (Å²) in [6, 6.07) is 5.48. The number of H-pyrrole nitrogens is 1. The predicted octanol–water partition coefficient (Wildman–Crippen LogP) is 7.62. The van der Waals surface area contributed by atoms with Gasteiger partial charge in [-0.15, -0.1) is 0 Å². The number of aryl methyl sites for hydroxylation is 2. The number of anilines is 2. The fourth-order valence-corrected chi connectivity index (χ4v) is 12.4. The topological polar surface area (TPSA) is 218 Å². The van der Waals surface area contributed by atoms with Crippen LogP contribution in [-0.4, -0.2) is 111 Å². The van der Waals surface area contributed by atoms with Crippen molar-refractivity contribution in [3.8, 4) is 0 Å². The lowest BCUT2D eigenvalue weighted by Crippen LogP contribution is -2.67. The summed E-state index contributed by atoms with van der Waals surface area (Å²) in [6.07, 6.45) is 11.1. The molecule has 2 saturated carbocycles. The molecule has 0 unspecified atom stereocenters. The molecule has 6 fully saturated rings. The number of rotatable bonds is 9. The Morgan fingerprint density at radius 1 is 0.781 bits per heavy atom. The molecule has 17 nitrogen and oxygen atoms in total. The number of amides is 6. The highest BCUT2D eigenvalue weighted by molar-refractivity contribution is 6.34. The van der Waals surface area contributed by atoms with Gasteiger partial charge in [0.2, 0.25) is 11.8 Å². The summed E-state index contributed by atoms with van der Waals surface area (Å²) >= 11 is 12.6. The van der Waals surface area contributed by atoms with Gasteiger partial charge in [-0.3, -0.25) is 28.8 Å². The van der Waals surface area contributed by atoms with Crippen LogP contribution in [0.25, 0.3) is 0 Å². The monoisotopic (exact) mass is 1050 g/mol. The van der Waals surface area contributed by atoms with Gasteiger partial charge in [-0.05, 0) is 140 Å². The highest BCUT2D eigenvalue weighted by Gasteiger charge is 2.52. The third-order valence-electron chi connectivity index (χ3n) is 16.0. The van der Waals surface area contributed by atoms with Crippen LogP contribution in [0.5, 0.6) is 0 Å². The Kier molecular flexibility index (Phi) is 14.5. The molecule has 10 rings (SSSR count). The number of carbonyl (C=O) groups excluding carboxylic acids is 6. The minimum Gasteiger partial charge on any atom is -0.380 e. The van der Waals surface area contributed by atoms with Crippen LogP contribution in [0.15, 0.2) is 36.9 Å². The van der Waals surface area contributed by atoms with E-state index in [0.29, 0.717) is 113 Å². The normalized spacial score (nSPS) is 24.5. The number of ether oxygens (including phenoxy) is 1. The van der Waals surface area contributed by atoms with Crippen LogP contribution < -0.4 is 26.2 Å². The third-order valence-corrected chi connectivity index (χ3v) is 16.6. The number of benzene rings is 2. The van der Waals surface area contributed by atoms with Gasteiger partial charge in [-0.1, -0.05) is 23.2 Å². The number of nitrogens with one attached hydrogen (secondary N) is 3. The van der Waals surface area contributed by atoms with Crippen LogP contribution in [0, 0.1) is 41.7 Å². The molecule has 0 bridgehead atoms. The van der Waals surface area contributed by atoms with Crippen LogP contribution in [0.1, 0.15) is 150 Å². The number of piperidine rings is 2. The van der Waals surface area contributed by atoms with Gasteiger partial charge in [0.15, 0.2) is 11.4 Å². The van der Waals surface area contributed by atoms with E-state index in [0.717, 1.165) is 25.7 Å². The molecule has 6 aliphatic rings. The summed E-state index contributed by atoms with van der Waals surface area (Å²) in [7, 11) is 0. The fourth-order valence-electron chi connectivity index (χ4n) is 11.9. The average molecular weight is 1050 g/mol. The minimum absolute atomic E-state index is 0.00728. The summed E-state index contributed by atoms with van der Waals surface area (Å²) in [6.45, 7) is 10.6. The maximum Gasteiger partial charge on any atom is 0.274 e. The number of hydrogen-bond acceptors (Lipinski definition) is 9. The smallest absolute Gasteiger partial charge is 0.274 e. The molecule has 73 heavy (non-hydrogen) atoms. The van der Waals surface area contributed by atoms with Gasteiger partial charge in [-0.2, -0.15) is 0 Å². The number of imidazole rings is 2. The van der Waals surface area contributed by atoms with Crippen LogP contribution >= 0.6 is 23.2 Å². The van der Waals surface area contributed by atoms with E-state index >= 15 is 0 Å². The molecule has 0 atom stereocenters. The molecule has 2 aliphatic carbocycles. The first-order valence-corrected chi connectivity index (χ1v) is 25.9. The highest BCUT2D eigenvalue weighted by Crippen LogP contribution is 2.50. The second kappa shape index (κ2) is 20.4. The van der Waals surface area contributed by atoms with Crippen molar-refractivity contribution < 1.29 is 42.3 Å². The Bertz CT molecular complexity index is 2840. The number of likely N-dealkylation sites (tertiary alicyclic amines) is 1. The van der Waals surface area contributed by atoms with Gasteiger partial charge in [0.1, 0.15) is 23.0 Å². The van der Waals surface area contributed by atoms with Crippen molar-refractivity contribution in [3.05, 3.63) is 92.5 Å². The Labute approximate surface area is 432 Å². The molecule has 4 saturated heterocycles. The Morgan fingerprint density at radius 3 is 1.81 bits per heavy atom. The number of carbonyl (C=O) groups is 6. The summed E-state index contributed by atoms with van der Waals surface area (Å²) in [5.74, 6) is -2.52. The van der Waals surface area contributed by atoms with Crippen molar-refractivity contribution >= 4 is 70.0 Å². The standard InChI is InChI=1S/C27H31ClFN5O4.C25H31ClFN5O3/c1-16-9-20(18(28)10-19(16)29)34-8-2-5-27(25(34)37)6-3-17(4-7-27)32-23(35)21-22(31-15-30-21)24(36)33-11-26(12-33)13-38-14-26;1-14(2)30-23(34)20-21(22(28)33)32(13-29-20)16-5-8-25(9-6-16)7-4-10-31(24(25)35)19-11-15(3)18(27)12-17(19)26/h9-10,15,17H,2-8,11-14H2,1H3,(H,30,31)(H,32,35);11-14,16H,4-10H2,1-3H3,(H2,28,33)(H,30,34). The molecule has 4 aromatic rings. The number of nitrogens with zero attached hydrogens (tertiary/aromatic N) is 6. The summed E-state index contributed by atoms with van der Waals surface area (Å²) in [5.41, 5.74) is 7.07. The molecule has 6 amide bonds. The van der Waals surface area contributed by atoms with Crippen molar-refractivity contribution in [3.63, 3.8) is 0 Å². The maximum absolute atomic E-state index is 13.9. The van der Waals surface area contributed by atoms with E-state index in [1.807, 2.05) is 13.8 Å². The van der Waals surface area contributed by atoms with Crippen molar-refractivity contribution in [2.45, 2.75) is 123 Å². The van der Waals surface area contributed by atoms with Gasteiger partial charge in [-0.25, -0.2) is 18.7 Å². The van der Waals surface area contributed by atoms with Crippen LogP contribution in [-0.2, 0) is 14.3 Å². The number of primary amides is 1. The van der Waals surface area contributed by atoms with E-state index in [9.17, 15) is 37.5 Å². The van der Waals surface area contributed by atoms with Crippen molar-refractivity contribution in [1.82, 2.24) is 35.1 Å². The van der Waals surface area contributed by atoms with Crippen LogP contribution in [0.2, 0.25) is 10.0 Å². The van der Waals surface area contributed by atoms with E-state index in [1.165, 1.54) is 24.8 Å². The fraction of sp³-hybridized carbons (Fsp3) is 0.538. The van der Waals surface area contributed by atoms with Crippen molar-refractivity contribution in [1.29, 1.82) is 0 Å². The van der Waals surface area contributed by atoms with E-state index in [1.54, 1.807) is 45.2 Å². The number of nitrogens with two attached hydrogens (primary N) is 1. The molecule has 4 aliphatic heterocycles. The molecule has 6 heterocycles. The van der Waals surface area contributed by atoms with Crippen LogP contribution in [0.4, 0.5) is 20.2 Å². The second-order valence-electron chi connectivity index (χ2n) is 21.4. The molecular weight excluding hydrogens is 986 g/mol. The van der Waals surface area contributed by atoms with Gasteiger partial charge in [0, 0.05) is 55.1 Å². The highest BCUT2D eigenvalue weighted by atomic mass is 35.5. The molecule has 0 radical (unpaired) electrons. The van der Waals surface area contributed by atoms with E-state index < -0.39 is 34.3 Å². The molecular formula is C52H62Cl2F2N10O7. The molecule has 21 heteroatoms.